The van der Waals surface area contributed by atoms with Gasteiger partial charge in [0.2, 0.25) is 5.91 Å². The summed E-state index contributed by atoms with van der Waals surface area (Å²) < 4.78 is 69.4. The highest BCUT2D eigenvalue weighted by atomic mass is 35.5. The molecular weight excluding hydrogens is 637 g/mol. The van der Waals surface area contributed by atoms with Crippen molar-refractivity contribution in [1.82, 2.24) is 39.3 Å². The van der Waals surface area contributed by atoms with Gasteiger partial charge in [0.25, 0.3) is 5.56 Å². The van der Waals surface area contributed by atoms with E-state index in [2.05, 4.69) is 30.7 Å². The summed E-state index contributed by atoms with van der Waals surface area (Å²) in [6.07, 6.45) is 1.10. The van der Waals surface area contributed by atoms with Crippen LogP contribution in [0.4, 0.5) is 27.6 Å². The molecule has 238 valence electrons. The van der Waals surface area contributed by atoms with Gasteiger partial charge in [0.1, 0.15) is 5.69 Å². The number of aromatic nitrogens is 8. The number of nitrogens with zero attached hydrogens (tertiary/aromatic N) is 8. The number of pyridine rings is 1. The normalized spacial score (nSPS) is 17.3. The quantitative estimate of drug-likeness (QED) is 0.229. The Bertz CT molecular complexity index is 1990. The molecule has 1 aromatic carbocycles. The van der Waals surface area contributed by atoms with Crippen LogP contribution in [-0.4, -0.2) is 45.2 Å². The van der Waals surface area contributed by atoms with E-state index in [1.165, 1.54) is 41.4 Å². The van der Waals surface area contributed by atoms with Crippen LogP contribution in [0.2, 0.25) is 5.02 Å². The van der Waals surface area contributed by atoms with Crippen LogP contribution in [0.3, 0.4) is 0 Å². The molecule has 1 N–H and O–H groups in total. The summed E-state index contributed by atoms with van der Waals surface area (Å²) in [4.78, 5) is 35.5. The first-order valence-corrected chi connectivity index (χ1v) is 14.3. The third-order valence-corrected chi connectivity index (χ3v) is 7.82. The van der Waals surface area contributed by atoms with Gasteiger partial charge in [-0.15, -0.1) is 5.10 Å². The molecular formula is C29H23ClF5N9O2. The highest BCUT2D eigenvalue weighted by molar-refractivity contribution is 6.31. The largest absolute Gasteiger partial charge is 0.436 e. The zero-order chi connectivity index (χ0) is 32.7. The molecule has 17 heteroatoms. The summed E-state index contributed by atoms with van der Waals surface area (Å²) in [7, 11) is 0. The molecule has 1 amide bonds. The first kappa shape index (κ1) is 31.0. The lowest BCUT2D eigenvalue weighted by atomic mass is 9.97. The van der Waals surface area contributed by atoms with Crippen molar-refractivity contribution < 1.29 is 26.7 Å². The standard InChI is InChI=1S/C29H23ClF5N9O2/c1-15-3-2-4-23(20-9-16(7-8-36-20)26-21(38-27(15)46)12-44(40-26)28(31)32)42-14-37-19(11-25(42)45)18-10-17(30)5-6-22(18)43-13-24(39-41-43)29(33,34)35/h5-15,23,28H,2-4H2,1H3,(H,38,46)/t15-,23+/m1/s1. The molecule has 0 aliphatic carbocycles. The monoisotopic (exact) mass is 659 g/mol. The molecule has 11 nitrogen and oxygen atoms in total. The van der Waals surface area contributed by atoms with E-state index in [0.717, 1.165) is 10.9 Å². The van der Waals surface area contributed by atoms with Crippen molar-refractivity contribution in [2.45, 2.75) is 45.0 Å². The molecule has 2 bridgehead atoms. The maximum atomic E-state index is 13.7. The number of anilines is 1. The number of carbonyl (C=O) groups is 1. The Hall–Kier alpha value is -4.99. The van der Waals surface area contributed by atoms with Gasteiger partial charge in [-0.3, -0.25) is 19.1 Å². The van der Waals surface area contributed by atoms with E-state index < -0.39 is 35.9 Å². The molecule has 0 spiro atoms. The number of alkyl halides is 5. The molecule has 2 atom stereocenters. The fraction of sp³-hybridized carbons (Fsp3) is 0.276. The lowest BCUT2D eigenvalue weighted by Crippen LogP contribution is -2.27. The Morgan fingerprint density at radius 1 is 1.04 bits per heavy atom. The molecule has 5 heterocycles. The third-order valence-electron chi connectivity index (χ3n) is 7.58. The molecule has 1 aliphatic rings. The summed E-state index contributed by atoms with van der Waals surface area (Å²) in [5.74, 6) is -0.848. The molecule has 5 aromatic rings. The minimum Gasteiger partial charge on any atom is -0.323 e. The van der Waals surface area contributed by atoms with Crippen molar-refractivity contribution >= 4 is 23.2 Å². The Morgan fingerprint density at radius 3 is 2.57 bits per heavy atom. The first-order valence-electron chi connectivity index (χ1n) is 13.9. The second-order valence-electron chi connectivity index (χ2n) is 10.7. The van der Waals surface area contributed by atoms with Crippen molar-refractivity contribution in [3.63, 3.8) is 0 Å². The average Bonchev–Trinajstić information content (AvgIpc) is 3.68. The Balaban J connectivity index is 1.42. The van der Waals surface area contributed by atoms with Crippen LogP contribution < -0.4 is 10.9 Å². The van der Waals surface area contributed by atoms with E-state index in [4.69, 9.17) is 11.6 Å². The lowest BCUT2D eigenvalue weighted by Gasteiger charge is -2.22. The van der Waals surface area contributed by atoms with Crippen LogP contribution in [-0.2, 0) is 11.0 Å². The number of halogens is 6. The maximum Gasteiger partial charge on any atom is 0.436 e. The van der Waals surface area contributed by atoms with Gasteiger partial charge in [-0.25, -0.2) is 14.3 Å². The van der Waals surface area contributed by atoms with Crippen LogP contribution in [0.1, 0.15) is 50.2 Å². The molecule has 0 unspecified atom stereocenters. The van der Waals surface area contributed by atoms with Crippen LogP contribution in [0.5, 0.6) is 0 Å². The maximum absolute atomic E-state index is 13.7. The highest BCUT2D eigenvalue weighted by Gasteiger charge is 2.35. The van der Waals surface area contributed by atoms with E-state index >= 15 is 0 Å². The number of rotatable bonds is 4. The van der Waals surface area contributed by atoms with Gasteiger partial charge in [0.15, 0.2) is 5.69 Å². The summed E-state index contributed by atoms with van der Waals surface area (Å²) in [5, 5.41) is 13.7. The number of amides is 1. The van der Waals surface area contributed by atoms with Crippen molar-refractivity contribution in [1.29, 1.82) is 0 Å². The molecule has 6 rings (SSSR count). The van der Waals surface area contributed by atoms with Crippen LogP contribution in [0.25, 0.3) is 28.2 Å². The topological polar surface area (TPSA) is 125 Å². The molecule has 0 fully saturated rings. The number of hydrogen-bond acceptors (Lipinski definition) is 7. The number of fused-ring (bicyclic) bond motifs is 4. The molecule has 0 radical (unpaired) electrons. The predicted molar refractivity (Wildman–Crippen MR) is 155 cm³/mol. The van der Waals surface area contributed by atoms with Crippen molar-refractivity contribution in [2.24, 2.45) is 5.92 Å². The average molecular weight is 660 g/mol. The summed E-state index contributed by atoms with van der Waals surface area (Å²) in [6, 6.07) is 8.05. The summed E-state index contributed by atoms with van der Waals surface area (Å²) in [6.45, 7) is -1.23. The fourth-order valence-corrected chi connectivity index (χ4v) is 5.40. The zero-order valence-corrected chi connectivity index (χ0v) is 24.5. The summed E-state index contributed by atoms with van der Waals surface area (Å²) >= 11 is 6.21. The second-order valence-corrected chi connectivity index (χ2v) is 11.1. The van der Waals surface area contributed by atoms with E-state index in [-0.39, 0.29) is 39.3 Å². The Labute approximate surface area is 261 Å². The lowest BCUT2D eigenvalue weighted by molar-refractivity contribution is -0.141. The van der Waals surface area contributed by atoms with Crippen LogP contribution in [0.15, 0.2) is 66.1 Å². The first-order chi connectivity index (χ1) is 21.9. The number of hydrogen-bond donors (Lipinski definition) is 1. The molecule has 0 saturated heterocycles. The minimum absolute atomic E-state index is 0.111. The SMILES string of the molecule is C[C@@H]1CCC[C@H](n2cnc(-c3cc(Cl)ccc3-n3cc(C(F)(F)F)nn3)cc2=O)c2cc(ccn2)-c2nn(C(F)F)cc2NC1=O. The number of benzene rings is 1. The minimum atomic E-state index is -4.71. The van der Waals surface area contributed by atoms with Gasteiger partial charge in [-0.1, -0.05) is 30.2 Å². The molecule has 46 heavy (non-hydrogen) atoms. The fourth-order valence-electron chi connectivity index (χ4n) is 5.22. The molecule has 4 aromatic heterocycles. The number of carbonyl (C=O) groups excluding carboxylic acids is 1. The molecule has 0 saturated carbocycles. The van der Waals surface area contributed by atoms with E-state index in [9.17, 15) is 31.5 Å². The van der Waals surface area contributed by atoms with E-state index in [1.54, 1.807) is 19.1 Å². The Kier molecular flexibility index (Phi) is 8.14. The highest BCUT2D eigenvalue weighted by Crippen LogP contribution is 2.34. The van der Waals surface area contributed by atoms with Gasteiger partial charge in [0, 0.05) is 34.3 Å². The van der Waals surface area contributed by atoms with Gasteiger partial charge in [0.05, 0.1) is 47.5 Å². The smallest absolute Gasteiger partial charge is 0.323 e. The van der Waals surface area contributed by atoms with Crippen molar-refractivity contribution in [3.05, 3.63) is 88.1 Å². The van der Waals surface area contributed by atoms with Crippen molar-refractivity contribution in [2.75, 3.05) is 5.32 Å². The second kappa shape index (κ2) is 12.1. The predicted octanol–water partition coefficient (Wildman–Crippen LogP) is 6.16. The zero-order valence-electron chi connectivity index (χ0n) is 23.8. The van der Waals surface area contributed by atoms with Crippen LogP contribution in [0, 0.1) is 5.92 Å². The van der Waals surface area contributed by atoms with Gasteiger partial charge >= 0.3 is 12.7 Å². The van der Waals surface area contributed by atoms with Crippen LogP contribution >= 0.6 is 11.6 Å². The summed E-state index contributed by atoms with van der Waals surface area (Å²) in [5.41, 5.74) is -0.161. The number of nitrogens with one attached hydrogen (secondary N) is 1. The van der Waals surface area contributed by atoms with E-state index in [0.29, 0.717) is 41.4 Å². The van der Waals surface area contributed by atoms with Gasteiger partial charge in [-0.05, 0) is 43.2 Å². The molecule has 1 aliphatic heterocycles. The van der Waals surface area contributed by atoms with E-state index in [1.807, 2.05) is 0 Å². The van der Waals surface area contributed by atoms with Gasteiger partial charge in [-0.2, -0.15) is 27.1 Å². The third kappa shape index (κ3) is 6.11. The van der Waals surface area contributed by atoms with Crippen molar-refractivity contribution in [3.8, 4) is 28.2 Å². The van der Waals surface area contributed by atoms with Gasteiger partial charge < -0.3 is 5.32 Å². The Morgan fingerprint density at radius 2 is 1.85 bits per heavy atom.